The number of hydrogen-bond donors (Lipinski definition) is 1. The molecular weight excluding hydrogens is 456 g/mol. The summed E-state index contributed by atoms with van der Waals surface area (Å²) >= 11 is 0. The number of piperidine rings is 1. The van der Waals surface area contributed by atoms with Crippen LogP contribution in [0, 0.1) is 6.92 Å². The summed E-state index contributed by atoms with van der Waals surface area (Å²) < 4.78 is 28.3. The maximum atomic E-state index is 13.9. The van der Waals surface area contributed by atoms with Crippen molar-refractivity contribution in [2.75, 3.05) is 6.54 Å². The van der Waals surface area contributed by atoms with E-state index in [9.17, 15) is 13.5 Å². The van der Waals surface area contributed by atoms with E-state index in [1.54, 1.807) is 6.20 Å². The number of aryl methyl sites for hydroxylation is 1. The Kier molecular flexibility index (Phi) is 6.24. The van der Waals surface area contributed by atoms with Crippen molar-refractivity contribution in [3.63, 3.8) is 0 Å². The Morgan fingerprint density at radius 3 is 2.60 bits per heavy atom. The van der Waals surface area contributed by atoms with Crippen molar-refractivity contribution in [2.45, 2.75) is 63.5 Å². The van der Waals surface area contributed by atoms with Crippen molar-refractivity contribution in [3.8, 4) is 0 Å². The first-order valence-electron chi connectivity index (χ1n) is 12.4. The van der Waals surface area contributed by atoms with E-state index in [0.717, 1.165) is 40.6 Å². The highest BCUT2D eigenvalue weighted by Gasteiger charge is 2.39. The second kappa shape index (κ2) is 9.08. The molecule has 184 valence electrons. The monoisotopic (exact) mass is 490 g/mol. The summed E-state index contributed by atoms with van der Waals surface area (Å²) in [7, 11) is -3.67. The Morgan fingerprint density at radius 2 is 1.86 bits per heavy atom. The van der Waals surface area contributed by atoms with Crippen molar-refractivity contribution in [3.05, 3.63) is 95.2 Å². The number of aromatic nitrogens is 1. The summed E-state index contributed by atoms with van der Waals surface area (Å²) in [4.78, 5) is 2.41. The maximum Gasteiger partial charge on any atom is 0.248 e. The Bertz CT molecular complexity index is 1400. The number of allylic oxidation sites excluding steroid dienone is 3. The number of nitrogens with zero attached hydrogens (tertiary/aromatic N) is 2. The standard InChI is InChI=1S/C29H34N2O3S/c1-21-8-7-15-29(3,19-21)35(33,34)31-17-14-26-24(12-11-22(2)28(26)31)20-30-16-13-25(32)18-27(30)23-9-5-4-6-10-23/h4-12,14,17,19,25,27,32H,13,15-16,18,20H2,1-3H3. The van der Waals surface area contributed by atoms with Crippen molar-refractivity contribution in [1.82, 2.24) is 8.87 Å². The van der Waals surface area contributed by atoms with Gasteiger partial charge in [0.15, 0.2) is 0 Å². The topological polar surface area (TPSA) is 62.5 Å². The number of likely N-dealkylation sites (tertiary alicyclic amines) is 1. The van der Waals surface area contributed by atoms with E-state index in [1.165, 1.54) is 9.54 Å². The molecule has 2 aromatic carbocycles. The van der Waals surface area contributed by atoms with Crippen molar-refractivity contribution < 1.29 is 13.5 Å². The molecule has 0 radical (unpaired) electrons. The molecule has 0 bridgehead atoms. The Morgan fingerprint density at radius 1 is 1.09 bits per heavy atom. The molecule has 2 heterocycles. The molecule has 3 unspecified atom stereocenters. The molecule has 35 heavy (non-hydrogen) atoms. The van der Waals surface area contributed by atoms with E-state index in [0.29, 0.717) is 19.4 Å². The van der Waals surface area contributed by atoms with Crippen molar-refractivity contribution in [2.24, 2.45) is 0 Å². The van der Waals surface area contributed by atoms with Crippen LogP contribution in [0.5, 0.6) is 0 Å². The predicted octanol–water partition coefficient (Wildman–Crippen LogP) is 5.49. The molecule has 3 aromatic rings. The van der Waals surface area contributed by atoms with E-state index in [2.05, 4.69) is 23.1 Å². The molecule has 5 nitrogen and oxygen atoms in total. The largest absolute Gasteiger partial charge is 0.393 e. The molecule has 1 aromatic heterocycles. The second-order valence-electron chi connectivity index (χ2n) is 10.3. The molecule has 0 amide bonds. The Labute approximate surface area is 208 Å². The summed E-state index contributed by atoms with van der Waals surface area (Å²) in [6, 6.07) is 16.6. The van der Waals surface area contributed by atoms with Gasteiger partial charge in [0, 0.05) is 30.7 Å². The van der Waals surface area contributed by atoms with Crippen LogP contribution in [0.25, 0.3) is 10.9 Å². The van der Waals surface area contributed by atoms with Crippen LogP contribution in [-0.2, 0) is 16.6 Å². The van der Waals surface area contributed by atoms with Crippen LogP contribution in [0.3, 0.4) is 0 Å². The third kappa shape index (κ3) is 4.28. The van der Waals surface area contributed by atoms with Gasteiger partial charge in [-0.3, -0.25) is 4.90 Å². The number of aliphatic hydroxyl groups excluding tert-OH is 1. The van der Waals surface area contributed by atoms with E-state index in [1.807, 2.05) is 69.3 Å². The quantitative estimate of drug-likeness (QED) is 0.514. The van der Waals surface area contributed by atoms with Gasteiger partial charge in [-0.05, 0) is 62.8 Å². The van der Waals surface area contributed by atoms with Crippen LogP contribution in [0.1, 0.15) is 55.8 Å². The molecule has 1 saturated heterocycles. The highest BCUT2D eigenvalue weighted by atomic mass is 32.2. The zero-order valence-corrected chi connectivity index (χ0v) is 21.5. The summed E-state index contributed by atoms with van der Waals surface area (Å²) in [6.45, 7) is 7.23. The second-order valence-corrected chi connectivity index (χ2v) is 12.6. The Balaban J connectivity index is 1.54. The molecule has 1 aliphatic carbocycles. The number of fused-ring (bicyclic) bond motifs is 1. The van der Waals surface area contributed by atoms with Crippen molar-refractivity contribution >= 4 is 20.9 Å². The minimum atomic E-state index is -3.67. The Hall–Kier alpha value is -2.67. The van der Waals surface area contributed by atoms with Gasteiger partial charge in [-0.25, -0.2) is 12.4 Å². The average molecular weight is 491 g/mol. The predicted molar refractivity (Wildman–Crippen MR) is 142 cm³/mol. The van der Waals surface area contributed by atoms with E-state index < -0.39 is 14.8 Å². The van der Waals surface area contributed by atoms with Crippen LogP contribution in [0.4, 0.5) is 0 Å². The van der Waals surface area contributed by atoms with E-state index in [4.69, 9.17) is 0 Å². The first-order chi connectivity index (χ1) is 16.7. The molecule has 1 N–H and O–H groups in total. The van der Waals surface area contributed by atoms with Gasteiger partial charge in [0.05, 0.1) is 11.6 Å². The molecule has 0 saturated carbocycles. The number of hydrogen-bond acceptors (Lipinski definition) is 4. The van der Waals surface area contributed by atoms with Gasteiger partial charge in [0.25, 0.3) is 0 Å². The summed E-state index contributed by atoms with van der Waals surface area (Å²) in [6.07, 6.45) is 9.12. The lowest BCUT2D eigenvalue weighted by Gasteiger charge is -2.38. The zero-order valence-electron chi connectivity index (χ0n) is 20.7. The summed E-state index contributed by atoms with van der Waals surface area (Å²) in [5.74, 6) is 0. The van der Waals surface area contributed by atoms with Crippen LogP contribution in [0.2, 0.25) is 0 Å². The maximum absolute atomic E-state index is 13.9. The molecule has 1 fully saturated rings. The van der Waals surface area contributed by atoms with Gasteiger partial charge >= 0.3 is 0 Å². The molecular formula is C29H34N2O3S. The average Bonchev–Trinajstić information content (AvgIpc) is 3.29. The fourth-order valence-electron chi connectivity index (χ4n) is 5.69. The molecule has 2 aliphatic rings. The summed E-state index contributed by atoms with van der Waals surface area (Å²) in [5, 5.41) is 11.4. The third-order valence-corrected chi connectivity index (χ3v) is 9.92. The molecule has 5 rings (SSSR count). The SMILES string of the molecule is CC1=CC(C)(S(=O)(=O)n2ccc3c(CN4CCC(O)CC4c4ccccc4)ccc(C)c32)CC=C1. The number of benzene rings is 2. The first-order valence-corrected chi connectivity index (χ1v) is 13.8. The fraction of sp³-hybridized carbons (Fsp3) is 0.379. The lowest BCUT2D eigenvalue weighted by atomic mass is 9.92. The van der Waals surface area contributed by atoms with Gasteiger partial charge < -0.3 is 5.11 Å². The van der Waals surface area contributed by atoms with Gasteiger partial charge in [-0.2, -0.15) is 0 Å². The lowest BCUT2D eigenvalue weighted by molar-refractivity contribution is 0.0366. The van der Waals surface area contributed by atoms with Crippen LogP contribution < -0.4 is 0 Å². The minimum absolute atomic E-state index is 0.128. The van der Waals surface area contributed by atoms with Crippen LogP contribution in [-0.4, -0.2) is 39.8 Å². The highest BCUT2D eigenvalue weighted by Crippen LogP contribution is 2.37. The highest BCUT2D eigenvalue weighted by molar-refractivity contribution is 7.91. The number of aliphatic hydroxyl groups is 1. The number of rotatable bonds is 5. The van der Waals surface area contributed by atoms with Gasteiger partial charge in [-0.1, -0.05) is 66.3 Å². The van der Waals surface area contributed by atoms with Gasteiger partial charge in [0.2, 0.25) is 10.0 Å². The molecule has 6 heteroatoms. The van der Waals surface area contributed by atoms with Crippen LogP contribution >= 0.6 is 0 Å². The van der Waals surface area contributed by atoms with Crippen LogP contribution in [0.15, 0.2) is 78.5 Å². The minimum Gasteiger partial charge on any atom is -0.393 e. The smallest absolute Gasteiger partial charge is 0.248 e. The van der Waals surface area contributed by atoms with Gasteiger partial charge in [-0.15, -0.1) is 0 Å². The normalized spacial score (nSPS) is 25.7. The van der Waals surface area contributed by atoms with Crippen molar-refractivity contribution in [1.29, 1.82) is 0 Å². The third-order valence-electron chi connectivity index (χ3n) is 7.63. The zero-order chi connectivity index (χ0) is 24.8. The van der Waals surface area contributed by atoms with E-state index >= 15 is 0 Å². The van der Waals surface area contributed by atoms with Gasteiger partial charge in [0.1, 0.15) is 4.75 Å². The lowest BCUT2D eigenvalue weighted by Crippen LogP contribution is -2.38. The van der Waals surface area contributed by atoms with E-state index in [-0.39, 0.29) is 12.1 Å². The summed E-state index contributed by atoms with van der Waals surface area (Å²) in [5.41, 5.74) is 4.99. The fourth-order valence-corrected chi connectivity index (χ4v) is 7.48. The first kappa shape index (κ1) is 24.0. The molecule has 0 spiro atoms. The molecule has 1 aliphatic heterocycles. The molecule has 3 atom stereocenters.